The van der Waals surface area contributed by atoms with Gasteiger partial charge < -0.3 is 15.3 Å². The number of anilines is 2. The van der Waals surface area contributed by atoms with Crippen molar-refractivity contribution in [3.8, 4) is 5.75 Å². The highest BCUT2D eigenvalue weighted by Crippen LogP contribution is 2.44. The average molecular weight is 399 g/mol. The Kier molecular flexibility index (Phi) is 4.03. The molecule has 5 rings (SSSR count). The van der Waals surface area contributed by atoms with Crippen LogP contribution < -0.4 is 10.2 Å². The van der Waals surface area contributed by atoms with Crippen LogP contribution in [0.1, 0.15) is 32.4 Å². The lowest BCUT2D eigenvalue weighted by molar-refractivity contribution is -0.117. The van der Waals surface area contributed by atoms with E-state index < -0.39 is 12.1 Å². The van der Waals surface area contributed by atoms with Crippen LogP contribution in [0.5, 0.6) is 5.75 Å². The normalized spacial score (nSPS) is 16.7. The van der Waals surface area contributed by atoms with Crippen molar-refractivity contribution in [3.63, 3.8) is 0 Å². The fourth-order valence-corrected chi connectivity index (χ4v) is 4.03. The van der Waals surface area contributed by atoms with Gasteiger partial charge in [0, 0.05) is 16.8 Å². The molecule has 7 heteroatoms. The molecule has 0 unspecified atom stereocenters. The number of carbonyl (C=O) groups excluding carboxylic acids is 3. The maximum Gasteiger partial charge on any atom is 0.260 e. The van der Waals surface area contributed by atoms with E-state index >= 15 is 0 Å². The van der Waals surface area contributed by atoms with Crippen molar-refractivity contribution in [2.45, 2.75) is 6.17 Å². The van der Waals surface area contributed by atoms with E-state index in [9.17, 15) is 19.5 Å². The minimum atomic E-state index is -0.679. The summed E-state index contributed by atoms with van der Waals surface area (Å²) >= 11 is 0. The van der Waals surface area contributed by atoms with Gasteiger partial charge in [0.15, 0.2) is 0 Å². The minimum Gasteiger partial charge on any atom is -0.508 e. The summed E-state index contributed by atoms with van der Waals surface area (Å²) in [6, 6.07) is 20.1. The largest absolute Gasteiger partial charge is 0.508 e. The van der Waals surface area contributed by atoms with Crippen LogP contribution in [-0.2, 0) is 4.79 Å². The molecule has 2 aliphatic rings. The highest BCUT2D eigenvalue weighted by Gasteiger charge is 2.47. The van der Waals surface area contributed by atoms with Gasteiger partial charge in [-0.2, -0.15) is 0 Å². The quantitative estimate of drug-likeness (QED) is 0.662. The molecule has 2 N–H and O–H groups in total. The van der Waals surface area contributed by atoms with E-state index in [2.05, 4.69) is 5.32 Å². The summed E-state index contributed by atoms with van der Waals surface area (Å²) in [5.41, 5.74) is 2.65. The van der Waals surface area contributed by atoms with Crippen LogP contribution in [0.15, 0.2) is 72.8 Å². The van der Waals surface area contributed by atoms with Crippen LogP contribution in [0.2, 0.25) is 0 Å². The molecule has 0 bridgehead atoms. The Labute approximate surface area is 172 Å². The third-order valence-electron chi connectivity index (χ3n) is 5.35. The first kappa shape index (κ1) is 17.9. The lowest BCUT2D eigenvalue weighted by Crippen LogP contribution is -2.50. The molecule has 1 atom stereocenters. The van der Waals surface area contributed by atoms with Gasteiger partial charge in [-0.3, -0.25) is 19.3 Å². The maximum atomic E-state index is 13.3. The maximum absolute atomic E-state index is 13.3. The van der Waals surface area contributed by atoms with Crippen LogP contribution >= 0.6 is 0 Å². The van der Waals surface area contributed by atoms with E-state index in [0.29, 0.717) is 28.1 Å². The number of hydrogen-bond acceptors (Lipinski definition) is 4. The van der Waals surface area contributed by atoms with Gasteiger partial charge in [-0.1, -0.05) is 30.3 Å². The lowest BCUT2D eigenvalue weighted by atomic mass is 10.0. The third-order valence-corrected chi connectivity index (χ3v) is 5.35. The number of amides is 3. The van der Waals surface area contributed by atoms with Gasteiger partial charge in [0.25, 0.3) is 11.8 Å². The summed E-state index contributed by atoms with van der Waals surface area (Å²) < 4.78 is 0. The molecule has 0 aromatic heterocycles. The average Bonchev–Trinajstić information content (AvgIpc) is 3.06. The molecule has 0 aliphatic carbocycles. The van der Waals surface area contributed by atoms with Crippen LogP contribution in [-0.4, -0.2) is 34.3 Å². The third kappa shape index (κ3) is 2.71. The highest BCUT2D eigenvalue weighted by molar-refractivity contribution is 6.17. The summed E-state index contributed by atoms with van der Waals surface area (Å²) in [4.78, 5) is 42.1. The predicted molar refractivity (Wildman–Crippen MR) is 110 cm³/mol. The van der Waals surface area contributed by atoms with Crippen molar-refractivity contribution in [3.05, 3.63) is 89.5 Å². The van der Waals surface area contributed by atoms with E-state index in [4.69, 9.17) is 0 Å². The number of hydrogen-bond donors (Lipinski definition) is 2. The van der Waals surface area contributed by atoms with E-state index in [1.54, 1.807) is 53.4 Å². The summed E-state index contributed by atoms with van der Waals surface area (Å²) in [6.45, 7) is -0.225. The number of benzene rings is 3. The summed E-state index contributed by atoms with van der Waals surface area (Å²) in [7, 11) is 0. The Morgan fingerprint density at radius 2 is 1.53 bits per heavy atom. The molecule has 0 spiro atoms. The van der Waals surface area contributed by atoms with Crippen molar-refractivity contribution in [1.82, 2.24) is 4.90 Å². The summed E-state index contributed by atoms with van der Waals surface area (Å²) in [5, 5.41) is 12.1. The first-order chi connectivity index (χ1) is 14.5. The fraction of sp³-hybridized carbons (Fsp3) is 0.0870. The topological polar surface area (TPSA) is 90.0 Å². The number of carbonyl (C=O) groups is 3. The Morgan fingerprint density at radius 1 is 0.867 bits per heavy atom. The zero-order valence-electron chi connectivity index (χ0n) is 15.8. The monoisotopic (exact) mass is 399 g/mol. The van der Waals surface area contributed by atoms with E-state index in [-0.39, 0.29) is 24.1 Å². The van der Waals surface area contributed by atoms with Crippen LogP contribution in [0, 0.1) is 0 Å². The number of nitrogens with one attached hydrogen (secondary N) is 1. The van der Waals surface area contributed by atoms with Crippen LogP contribution in [0.3, 0.4) is 0 Å². The van der Waals surface area contributed by atoms with Crippen LogP contribution in [0.4, 0.5) is 11.4 Å². The molecule has 3 aromatic rings. The van der Waals surface area contributed by atoms with Crippen molar-refractivity contribution < 1.29 is 19.5 Å². The molecule has 0 saturated carbocycles. The molecule has 0 saturated heterocycles. The number of phenols is 1. The molecule has 2 aliphatic heterocycles. The fourth-order valence-electron chi connectivity index (χ4n) is 4.03. The first-order valence-corrected chi connectivity index (χ1v) is 9.46. The molecule has 30 heavy (non-hydrogen) atoms. The molecule has 148 valence electrons. The zero-order valence-corrected chi connectivity index (χ0v) is 15.8. The van der Waals surface area contributed by atoms with Crippen molar-refractivity contribution in [2.75, 3.05) is 16.8 Å². The number of phenolic OH excluding ortho intramolecular Hbond substituents is 1. The lowest BCUT2D eigenvalue weighted by Gasteiger charge is -2.40. The van der Waals surface area contributed by atoms with Crippen molar-refractivity contribution in [2.24, 2.45) is 0 Å². The Hall–Kier alpha value is -4.13. The van der Waals surface area contributed by atoms with Crippen molar-refractivity contribution >= 4 is 29.1 Å². The molecular formula is C23H17N3O4. The second-order valence-electron chi connectivity index (χ2n) is 7.18. The van der Waals surface area contributed by atoms with Gasteiger partial charge in [-0.15, -0.1) is 0 Å². The second-order valence-corrected chi connectivity index (χ2v) is 7.18. The number of para-hydroxylation sites is 1. The van der Waals surface area contributed by atoms with Gasteiger partial charge in [0.1, 0.15) is 18.5 Å². The smallest absolute Gasteiger partial charge is 0.260 e. The van der Waals surface area contributed by atoms with Gasteiger partial charge >= 0.3 is 0 Å². The number of nitrogens with zero attached hydrogens (tertiary/aromatic N) is 2. The zero-order chi connectivity index (χ0) is 20.8. The van der Waals surface area contributed by atoms with Gasteiger partial charge in [-0.05, 0) is 42.5 Å². The summed E-state index contributed by atoms with van der Waals surface area (Å²) in [6.07, 6.45) is -0.679. The van der Waals surface area contributed by atoms with Crippen LogP contribution in [0.25, 0.3) is 0 Å². The van der Waals surface area contributed by atoms with Gasteiger partial charge in [0.2, 0.25) is 5.91 Å². The second kappa shape index (κ2) is 6.73. The predicted octanol–water partition coefficient (Wildman–Crippen LogP) is 3.15. The van der Waals surface area contributed by atoms with E-state index in [1.165, 1.54) is 17.0 Å². The molecule has 7 nitrogen and oxygen atoms in total. The van der Waals surface area contributed by atoms with Gasteiger partial charge in [0.05, 0.1) is 11.3 Å². The van der Waals surface area contributed by atoms with E-state index in [1.807, 2.05) is 12.1 Å². The van der Waals surface area contributed by atoms with Crippen molar-refractivity contribution in [1.29, 1.82) is 0 Å². The Morgan fingerprint density at radius 3 is 2.30 bits per heavy atom. The number of rotatable bonds is 3. The molecule has 2 heterocycles. The standard InChI is InChI=1S/C23H17N3O4/c27-15-11-9-14(10-12-15)24-20(28)13-25-21-16-5-1-2-6-17(16)23(30)26(21)19-8-4-3-7-18(19)22(25)29/h1-12,21,27H,13H2,(H,24,28)/t21-/m0/s1. The highest BCUT2D eigenvalue weighted by atomic mass is 16.3. The number of fused-ring (bicyclic) bond motifs is 5. The SMILES string of the molecule is O=C(CN1C(=O)c2ccccc2N2C(=O)c3ccccc3[C@@H]12)Nc1ccc(O)cc1. The first-order valence-electron chi connectivity index (χ1n) is 9.46. The molecule has 0 fully saturated rings. The minimum absolute atomic E-state index is 0.0903. The Bertz CT molecular complexity index is 1190. The molecule has 3 amide bonds. The van der Waals surface area contributed by atoms with Gasteiger partial charge in [-0.25, -0.2) is 0 Å². The molecule has 3 aromatic carbocycles. The number of aromatic hydroxyl groups is 1. The Balaban J connectivity index is 1.52. The summed E-state index contributed by atoms with van der Waals surface area (Å²) in [5.74, 6) is -0.811. The van der Waals surface area contributed by atoms with E-state index in [0.717, 1.165) is 0 Å². The molecule has 0 radical (unpaired) electrons. The molecular weight excluding hydrogens is 382 g/mol.